The summed E-state index contributed by atoms with van der Waals surface area (Å²) in [5.74, 6) is 0.424. The number of nitrogens with one attached hydrogen (secondary N) is 1. The third-order valence-electron chi connectivity index (χ3n) is 2.51. The molecule has 1 saturated heterocycles. The van der Waals surface area contributed by atoms with Crippen molar-refractivity contribution in [2.75, 3.05) is 18.1 Å². The van der Waals surface area contributed by atoms with E-state index in [0.29, 0.717) is 6.54 Å². The monoisotopic (exact) mass is 221 g/mol. The highest BCUT2D eigenvalue weighted by Gasteiger charge is 2.34. The van der Waals surface area contributed by atoms with Gasteiger partial charge in [-0.3, -0.25) is 0 Å². The first-order valence-corrected chi connectivity index (χ1v) is 6.65. The van der Waals surface area contributed by atoms with Gasteiger partial charge in [0.05, 0.1) is 17.6 Å². The van der Waals surface area contributed by atoms with E-state index in [-0.39, 0.29) is 23.0 Å². The molecule has 0 radical (unpaired) electrons. The zero-order valence-corrected chi connectivity index (χ0v) is 9.76. The average Bonchev–Trinajstić information content (AvgIpc) is 1.93. The molecule has 4 nitrogen and oxygen atoms in total. The maximum absolute atomic E-state index is 10.8. The second-order valence-corrected chi connectivity index (χ2v) is 7.22. The molecule has 1 rings (SSSR count). The van der Waals surface area contributed by atoms with Gasteiger partial charge >= 0.3 is 0 Å². The first kappa shape index (κ1) is 11.9. The summed E-state index contributed by atoms with van der Waals surface area (Å²) in [5.41, 5.74) is -0.157. The van der Waals surface area contributed by atoms with E-state index in [4.69, 9.17) is 0 Å². The molecule has 1 unspecified atom stereocenters. The Morgan fingerprint density at radius 3 is 2.29 bits per heavy atom. The lowest BCUT2D eigenvalue weighted by Crippen LogP contribution is -2.53. The van der Waals surface area contributed by atoms with Gasteiger partial charge in [-0.25, -0.2) is 8.42 Å². The first-order chi connectivity index (χ1) is 6.21. The molecule has 5 heteroatoms. The number of aliphatic hydroxyl groups is 1. The third-order valence-corrected chi connectivity index (χ3v) is 4.33. The summed E-state index contributed by atoms with van der Waals surface area (Å²) in [6, 6.07) is 0.0389. The van der Waals surface area contributed by atoms with Crippen LogP contribution in [-0.4, -0.2) is 43.7 Å². The second kappa shape index (κ2) is 3.79. The van der Waals surface area contributed by atoms with Crippen LogP contribution in [0.3, 0.4) is 0 Å². The topological polar surface area (TPSA) is 66.4 Å². The Bertz CT molecular complexity index is 280. The Labute approximate surface area is 85.6 Å². The van der Waals surface area contributed by atoms with Crippen LogP contribution in [0.25, 0.3) is 0 Å². The van der Waals surface area contributed by atoms with Crippen molar-refractivity contribution in [3.63, 3.8) is 0 Å². The van der Waals surface area contributed by atoms with Gasteiger partial charge < -0.3 is 10.4 Å². The minimum Gasteiger partial charge on any atom is -0.391 e. The maximum Gasteiger partial charge on any atom is 0.153 e. The van der Waals surface area contributed by atoms with Crippen LogP contribution in [0.5, 0.6) is 0 Å². The smallest absolute Gasteiger partial charge is 0.153 e. The minimum absolute atomic E-state index is 0.0389. The molecule has 1 fully saturated rings. The van der Waals surface area contributed by atoms with E-state index in [2.05, 4.69) is 5.32 Å². The van der Waals surface area contributed by atoms with Gasteiger partial charge in [0, 0.05) is 12.6 Å². The third kappa shape index (κ3) is 3.22. The Morgan fingerprint density at radius 2 is 1.93 bits per heavy atom. The molecule has 0 aromatic carbocycles. The molecule has 1 aliphatic rings. The van der Waals surface area contributed by atoms with E-state index >= 15 is 0 Å². The van der Waals surface area contributed by atoms with Crippen LogP contribution >= 0.6 is 0 Å². The molecule has 0 bridgehead atoms. The fourth-order valence-corrected chi connectivity index (χ4v) is 2.63. The molecular weight excluding hydrogens is 202 g/mol. The van der Waals surface area contributed by atoms with E-state index < -0.39 is 15.9 Å². The molecule has 14 heavy (non-hydrogen) atoms. The van der Waals surface area contributed by atoms with Crippen molar-refractivity contribution >= 4 is 9.84 Å². The van der Waals surface area contributed by atoms with Gasteiger partial charge in [-0.1, -0.05) is 20.8 Å². The Morgan fingerprint density at radius 1 is 1.43 bits per heavy atom. The summed E-state index contributed by atoms with van der Waals surface area (Å²) in [7, 11) is -2.76. The fraction of sp³-hybridized carbons (Fsp3) is 1.00. The molecule has 0 amide bonds. The highest BCUT2D eigenvalue weighted by molar-refractivity contribution is 7.92. The molecule has 0 saturated carbocycles. The maximum atomic E-state index is 10.8. The van der Waals surface area contributed by atoms with Crippen LogP contribution in [-0.2, 0) is 9.84 Å². The predicted molar refractivity (Wildman–Crippen MR) is 55.9 cm³/mol. The number of sulfone groups is 1. The van der Waals surface area contributed by atoms with Gasteiger partial charge in [0.2, 0.25) is 0 Å². The van der Waals surface area contributed by atoms with E-state index in [1.54, 1.807) is 0 Å². The highest BCUT2D eigenvalue weighted by atomic mass is 32.2. The van der Waals surface area contributed by atoms with Crippen LogP contribution in [0.15, 0.2) is 0 Å². The normalized spacial score (nSPS) is 24.3. The van der Waals surface area contributed by atoms with Crippen LogP contribution in [0.4, 0.5) is 0 Å². The molecule has 1 aliphatic heterocycles. The highest BCUT2D eigenvalue weighted by Crippen LogP contribution is 2.19. The van der Waals surface area contributed by atoms with Crippen molar-refractivity contribution in [2.45, 2.75) is 32.9 Å². The zero-order chi connectivity index (χ0) is 11.0. The molecule has 0 aliphatic carbocycles. The van der Waals surface area contributed by atoms with Crippen molar-refractivity contribution in [2.24, 2.45) is 5.41 Å². The largest absolute Gasteiger partial charge is 0.391 e. The van der Waals surface area contributed by atoms with Crippen LogP contribution in [0.2, 0.25) is 0 Å². The fourth-order valence-electron chi connectivity index (χ4n) is 1.27. The first-order valence-electron chi connectivity index (χ1n) is 4.82. The molecule has 0 aromatic heterocycles. The Hall–Kier alpha value is -0.130. The number of rotatable bonds is 3. The summed E-state index contributed by atoms with van der Waals surface area (Å²) in [4.78, 5) is 0. The number of hydrogen-bond acceptors (Lipinski definition) is 4. The number of aliphatic hydroxyl groups excluding tert-OH is 1. The van der Waals surface area contributed by atoms with E-state index in [1.165, 1.54) is 0 Å². The van der Waals surface area contributed by atoms with Crippen molar-refractivity contribution in [3.05, 3.63) is 0 Å². The standard InChI is InChI=1S/C9H19NO3S/c1-9(2,3)8(11)4-10-7-5-14(12,13)6-7/h7-8,10-11H,4-6H2,1-3H3. The van der Waals surface area contributed by atoms with Crippen molar-refractivity contribution in [1.29, 1.82) is 0 Å². The SMILES string of the molecule is CC(C)(C)C(O)CNC1CS(=O)(=O)C1. The van der Waals surface area contributed by atoms with Crippen molar-refractivity contribution in [1.82, 2.24) is 5.32 Å². The molecule has 1 heterocycles. The van der Waals surface area contributed by atoms with Gasteiger partial charge in [0.25, 0.3) is 0 Å². The van der Waals surface area contributed by atoms with Crippen molar-refractivity contribution in [3.8, 4) is 0 Å². The van der Waals surface area contributed by atoms with E-state index in [9.17, 15) is 13.5 Å². The van der Waals surface area contributed by atoms with E-state index in [1.807, 2.05) is 20.8 Å². The Balaban J connectivity index is 2.23. The second-order valence-electron chi connectivity index (χ2n) is 5.06. The van der Waals surface area contributed by atoms with Crippen LogP contribution in [0.1, 0.15) is 20.8 Å². The molecule has 2 N–H and O–H groups in total. The summed E-state index contributed by atoms with van der Waals surface area (Å²) in [6.07, 6.45) is -0.439. The summed E-state index contributed by atoms with van der Waals surface area (Å²) >= 11 is 0. The molecular formula is C9H19NO3S. The predicted octanol–water partition coefficient (Wildman–Crippen LogP) is -0.220. The molecule has 0 spiro atoms. The summed E-state index contributed by atoms with van der Waals surface area (Å²) in [6.45, 7) is 6.33. The Kier molecular flexibility index (Phi) is 3.23. The number of hydrogen-bond donors (Lipinski definition) is 2. The van der Waals surface area contributed by atoms with E-state index in [0.717, 1.165) is 0 Å². The summed E-state index contributed by atoms with van der Waals surface area (Å²) in [5, 5.41) is 12.7. The molecule has 1 atom stereocenters. The molecule has 0 aromatic rings. The quantitative estimate of drug-likeness (QED) is 0.691. The van der Waals surface area contributed by atoms with Gasteiger partial charge in [-0.05, 0) is 5.41 Å². The lowest BCUT2D eigenvalue weighted by molar-refractivity contribution is 0.0612. The molecule has 84 valence electrons. The van der Waals surface area contributed by atoms with Gasteiger partial charge in [-0.2, -0.15) is 0 Å². The van der Waals surface area contributed by atoms with Crippen LogP contribution in [0, 0.1) is 5.41 Å². The van der Waals surface area contributed by atoms with Gasteiger partial charge in [0.1, 0.15) is 0 Å². The lowest BCUT2D eigenvalue weighted by atomic mass is 9.89. The summed E-state index contributed by atoms with van der Waals surface area (Å²) < 4.78 is 21.7. The van der Waals surface area contributed by atoms with Crippen LogP contribution < -0.4 is 5.32 Å². The zero-order valence-electron chi connectivity index (χ0n) is 8.95. The average molecular weight is 221 g/mol. The van der Waals surface area contributed by atoms with Gasteiger partial charge in [-0.15, -0.1) is 0 Å². The minimum atomic E-state index is -2.76. The lowest BCUT2D eigenvalue weighted by Gasteiger charge is -2.31. The van der Waals surface area contributed by atoms with Crippen molar-refractivity contribution < 1.29 is 13.5 Å². The van der Waals surface area contributed by atoms with Gasteiger partial charge in [0.15, 0.2) is 9.84 Å².